The van der Waals surface area contributed by atoms with Crippen molar-refractivity contribution in [2.45, 2.75) is 161 Å². The average molecular weight is 521 g/mol. The fourth-order valence-corrected chi connectivity index (χ4v) is 4.78. The van der Waals surface area contributed by atoms with Crippen molar-refractivity contribution in [3.8, 4) is 0 Å². The van der Waals surface area contributed by atoms with Crippen LogP contribution in [-0.2, 0) is 14.3 Å². The fraction of sp³-hybridized carbons (Fsp3) is 0.818. The Morgan fingerprint density at radius 3 is 1.49 bits per heavy atom. The third kappa shape index (κ3) is 27.3. The van der Waals surface area contributed by atoms with Crippen LogP contribution < -0.4 is 0 Å². The summed E-state index contributed by atoms with van der Waals surface area (Å²) in [5, 5.41) is 9.30. The molecular formula is C33H60O4. The number of ether oxygens (including phenoxy) is 1. The predicted molar refractivity (Wildman–Crippen MR) is 158 cm³/mol. The molecule has 216 valence electrons. The number of allylic oxidation sites excluding steroid dienone is 2. The van der Waals surface area contributed by atoms with Crippen LogP contribution in [0.25, 0.3) is 0 Å². The number of aliphatic carboxylic acids is 1. The highest BCUT2D eigenvalue weighted by Crippen LogP contribution is 2.18. The first-order chi connectivity index (χ1) is 18.1. The molecule has 1 atom stereocenters. The summed E-state index contributed by atoms with van der Waals surface area (Å²) in [5.41, 5.74) is 0. The second kappa shape index (κ2) is 29.0. The molecule has 0 heterocycles. The Morgan fingerprint density at radius 2 is 1.08 bits per heavy atom. The summed E-state index contributed by atoms with van der Waals surface area (Å²) < 4.78 is 4.91. The van der Waals surface area contributed by atoms with Crippen LogP contribution in [0, 0.1) is 5.92 Å². The summed E-state index contributed by atoms with van der Waals surface area (Å²) in [6.45, 7) is 5.90. The Hall–Kier alpha value is -1.58. The van der Waals surface area contributed by atoms with Crippen molar-refractivity contribution in [3.05, 3.63) is 24.8 Å². The van der Waals surface area contributed by atoms with Gasteiger partial charge in [-0.05, 0) is 32.1 Å². The lowest BCUT2D eigenvalue weighted by Crippen LogP contribution is -2.19. The van der Waals surface area contributed by atoms with Gasteiger partial charge >= 0.3 is 11.9 Å². The van der Waals surface area contributed by atoms with Gasteiger partial charge in [0.2, 0.25) is 0 Å². The molecule has 0 fully saturated rings. The molecule has 1 unspecified atom stereocenters. The Labute approximate surface area is 229 Å². The summed E-state index contributed by atoms with van der Waals surface area (Å²) in [5.74, 6) is -1.98. The van der Waals surface area contributed by atoms with Crippen LogP contribution >= 0.6 is 0 Å². The molecule has 0 aliphatic heterocycles. The van der Waals surface area contributed by atoms with Gasteiger partial charge in [0.05, 0.1) is 12.3 Å². The van der Waals surface area contributed by atoms with Gasteiger partial charge in [-0.3, -0.25) is 9.59 Å². The molecule has 4 nitrogen and oxygen atoms in total. The molecule has 0 aromatic carbocycles. The average Bonchev–Trinajstić information content (AvgIpc) is 2.89. The van der Waals surface area contributed by atoms with Crippen LogP contribution in [0.15, 0.2) is 24.8 Å². The highest BCUT2D eigenvalue weighted by Gasteiger charge is 2.21. The molecule has 0 radical (unpaired) electrons. The van der Waals surface area contributed by atoms with E-state index in [1.807, 2.05) is 0 Å². The predicted octanol–water partition coefficient (Wildman–Crippen LogP) is 10.4. The van der Waals surface area contributed by atoms with E-state index in [2.05, 4.69) is 25.7 Å². The first-order valence-electron chi connectivity index (χ1n) is 15.8. The minimum Gasteiger partial charge on any atom is -0.481 e. The lowest BCUT2D eigenvalue weighted by Gasteiger charge is -2.11. The van der Waals surface area contributed by atoms with Gasteiger partial charge in [0.25, 0.3) is 0 Å². The van der Waals surface area contributed by atoms with Crippen LogP contribution in [0.3, 0.4) is 0 Å². The molecule has 0 rings (SSSR count). The molecular weight excluding hydrogens is 460 g/mol. The van der Waals surface area contributed by atoms with Crippen molar-refractivity contribution in [2.75, 3.05) is 6.61 Å². The molecule has 0 saturated heterocycles. The Balaban J connectivity index is 3.33. The van der Waals surface area contributed by atoms with Gasteiger partial charge < -0.3 is 9.84 Å². The smallest absolute Gasteiger partial charge is 0.307 e. The largest absolute Gasteiger partial charge is 0.481 e. The molecule has 0 spiro atoms. The molecule has 0 bridgehead atoms. The number of unbranched alkanes of at least 4 members (excludes halogenated alkanes) is 20. The van der Waals surface area contributed by atoms with Gasteiger partial charge in [-0.1, -0.05) is 147 Å². The first-order valence-corrected chi connectivity index (χ1v) is 15.8. The van der Waals surface area contributed by atoms with E-state index < -0.39 is 17.9 Å². The normalized spacial score (nSPS) is 12.1. The fourth-order valence-electron chi connectivity index (χ4n) is 4.78. The monoisotopic (exact) mass is 520 g/mol. The van der Waals surface area contributed by atoms with Crippen molar-refractivity contribution in [2.24, 2.45) is 5.92 Å². The van der Waals surface area contributed by atoms with Gasteiger partial charge in [-0.15, -0.1) is 0 Å². The van der Waals surface area contributed by atoms with Gasteiger partial charge in [-0.2, -0.15) is 0 Å². The maximum absolute atomic E-state index is 11.6. The van der Waals surface area contributed by atoms with Crippen LogP contribution in [0.5, 0.6) is 0 Å². The Morgan fingerprint density at radius 1 is 0.676 bits per heavy atom. The first kappa shape index (κ1) is 35.4. The quantitative estimate of drug-likeness (QED) is 0.0605. The minimum atomic E-state index is -0.900. The van der Waals surface area contributed by atoms with Crippen LogP contribution in [-0.4, -0.2) is 23.7 Å². The van der Waals surface area contributed by atoms with E-state index in [-0.39, 0.29) is 13.0 Å². The molecule has 0 aromatic rings. The third-order valence-corrected chi connectivity index (χ3v) is 7.19. The summed E-state index contributed by atoms with van der Waals surface area (Å²) in [6, 6.07) is 0. The molecule has 4 heteroatoms. The maximum atomic E-state index is 11.6. The van der Waals surface area contributed by atoms with Crippen LogP contribution in [0.2, 0.25) is 0 Å². The lowest BCUT2D eigenvalue weighted by atomic mass is 9.97. The maximum Gasteiger partial charge on any atom is 0.307 e. The van der Waals surface area contributed by atoms with E-state index >= 15 is 0 Å². The molecule has 1 N–H and O–H groups in total. The van der Waals surface area contributed by atoms with E-state index in [0.717, 1.165) is 19.3 Å². The molecule has 0 saturated carbocycles. The highest BCUT2D eigenvalue weighted by atomic mass is 16.5. The third-order valence-electron chi connectivity index (χ3n) is 7.19. The summed E-state index contributed by atoms with van der Waals surface area (Å²) in [4.78, 5) is 23.0. The summed E-state index contributed by atoms with van der Waals surface area (Å²) in [6.07, 6.45) is 35.6. The van der Waals surface area contributed by atoms with Gasteiger partial charge in [0, 0.05) is 0 Å². The summed E-state index contributed by atoms with van der Waals surface area (Å²) in [7, 11) is 0. The van der Waals surface area contributed by atoms with Crippen molar-refractivity contribution in [1.29, 1.82) is 0 Å². The van der Waals surface area contributed by atoms with Gasteiger partial charge in [-0.25, -0.2) is 0 Å². The molecule has 37 heavy (non-hydrogen) atoms. The minimum absolute atomic E-state index is 0.0411. The Bertz CT molecular complexity index is 555. The number of hydrogen-bond acceptors (Lipinski definition) is 3. The van der Waals surface area contributed by atoms with E-state index in [9.17, 15) is 14.7 Å². The van der Waals surface area contributed by atoms with Crippen LogP contribution in [0.1, 0.15) is 161 Å². The van der Waals surface area contributed by atoms with Crippen molar-refractivity contribution in [3.63, 3.8) is 0 Å². The second-order valence-electron chi connectivity index (χ2n) is 10.8. The molecule has 0 amide bonds. The van der Waals surface area contributed by atoms with E-state index in [4.69, 9.17) is 4.74 Å². The molecule has 0 aromatic heterocycles. The number of carbonyl (C=O) groups is 2. The zero-order chi connectivity index (χ0) is 27.2. The van der Waals surface area contributed by atoms with Crippen molar-refractivity contribution < 1.29 is 19.4 Å². The number of rotatable bonds is 29. The lowest BCUT2D eigenvalue weighted by molar-refractivity contribution is -0.151. The van der Waals surface area contributed by atoms with Crippen molar-refractivity contribution >= 4 is 11.9 Å². The SMILES string of the molecule is C=CCOC(=O)CC(CCCCCCCCCCCCCCCCCCC/C=C/CCCCC)C(=O)O. The number of carboxylic acids is 1. The number of carbonyl (C=O) groups excluding carboxylic acids is 1. The highest BCUT2D eigenvalue weighted by molar-refractivity contribution is 5.78. The Kier molecular flexibility index (Phi) is 27.7. The molecule has 0 aliphatic carbocycles. The van der Waals surface area contributed by atoms with Gasteiger partial charge in [0.1, 0.15) is 6.61 Å². The standard InChI is InChI=1S/C33H60O4/c1-3-5-6-7-8-9-10-11-12-13-14-15-16-17-18-19-20-21-22-23-24-25-26-27-28-31(33(35)36)30-32(34)37-29-4-2/h4,8-9,31H,2-3,5-7,10-30H2,1H3,(H,35,36)/b9-8+. The zero-order valence-electron chi connectivity index (χ0n) is 24.4. The summed E-state index contributed by atoms with van der Waals surface area (Å²) >= 11 is 0. The van der Waals surface area contributed by atoms with E-state index in [0.29, 0.717) is 6.42 Å². The van der Waals surface area contributed by atoms with E-state index in [1.54, 1.807) is 0 Å². The van der Waals surface area contributed by atoms with Crippen LogP contribution in [0.4, 0.5) is 0 Å². The topological polar surface area (TPSA) is 63.6 Å². The molecule has 0 aliphatic rings. The second-order valence-corrected chi connectivity index (χ2v) is 10.8. The number of carboxylic acid groups (broad SMARTS) is 1. The zero-order valence-corrected chi connectivity index (χ0v) is 24.4. The van der Waals surface area contributed by atoms with Gasteiger partial charge in [0.15, 0.2) is 0 Å². The van der Waals surface area contributed by atoms with Crippen molar-refractivity contribution in [1.82, 2.24) is 0 Å². The number of hydrogen-bond donors (Lipinski definition) is 1. The number of esters is 1. The van der Waals surface area contributed by atoms with E-state index in [1.165, 1.54) is 128 Å².